The van der Waals surface area contributed by atoms with Crippen LogP contribution in [0.25, 0.3) is 0 Å². The Bertz CT molecular complexity index is 273. The van der Waals surface area contributed by atoms with Crippen molar-refractivity contribution in [3.05, 3.63) is 22.7 Å². The molecule has 0 N–H and O–H groups in total. The zero-order valence-corrected chi connectivity index (χ0v) is 8.04. The van der Waals surface area contributed by atoms with Crippen molar-refractivity contribution in [3.8, 4) is 5.75 Å². The molecular formula is C8H9ClOS. The molecular weight excluding hydrogens is 180 g/mol. The lowest BCUT2D eigenvalue weighted by molar-refractivity contribution is 0.414. The fraction of sp³-hybridized carbons (Fsp3) is 0.250. The van der Waals surface area contributed by atoms with E-state index in [1.165, 1.54) is 0 Å². The lowest BCUT2D eigenvalue weighted by atomic mass is 10.2. The van der Waals surface area contributed by atoms with Gasteiger partial charge in [-0.2, -0.15) is 0 Å². The van der Waals surface area contributed by atoms with Crippen LogP contribution in [0.15, 0.2) is 17.0 Å². The number of thiol groups is 1. The topological polar surface area (TPSA) is 9.23 Å². The van der Waals surface area contributed by atoms with Gasteiger partial charge in [-0.25, -0.2) is 0 Å². The van der Waals surface area contributed by atoms with E-state index in [2.05, 4.69) is 12.6 Å². The SMILES string of the molecule is COc1ccc(S)c(C)c1Cl. The van der Waals surface area contributed by atoms with Crippen LogP contribution >= 0.6 is 24.2 Å². The van der Waals surface area contributed by atoms with Gasteiger partial charge in [-0.15, -0.1) is 12.6 Å². The van der Waals surface area contributed by atoms with E-state index in [9.17, 15) is 0 Å². The summed E-state index contributed by atoms with van der Waals surface area (Å²) >= 11 is 10.1. The van der Waals surface area contributed by atoms with E-state index in [1.807, 2.05) is 13.0 Å². The quantitative estimate of drug-likeness (QED) is 0.667. The Morgan fingerprint density at radius 1 is 1.45 bits per heavy atom. The Balaban J connectivity index is 3.25. The van der Waals surface area contributed by atoms with Gasteiger partial charge in [-0.1, -0.05) is 11.6 Å². The predicted molar refractivity (Wildman–Crippen MR) is 50.0 cm³/mol. The summed E-state index contributed by atoms with van der Waals surface area (Å²) in [5, 5.41) is 0.639. The largest absolute Gasteiger partial charge is 0.495 e. The average Bonchev–Trinajstić information content (AvgIpc) is 2.01. The Labute approximate surface area is 76.7 Å². The molecule has 0 unspecified atom stereocenters. The minimum Gasteiger partial charge on any atom is -0.495 e. The third-order valence-electron chi connectivity index (χ3n) is 1.54. The third kappa shape index (κ3) is 1.63. The highest BCUT2D eigenvalue weighted by atomic mass is 35.5. The van der Waals surface area contributed by atoms with Crippen molar-refractivity contribution < 1.29 is 4.74 Å². The maximum absolute atomic E-state index is 5.92. The van der Waals surface area contributed by atoms with E-state index in [0.29, 0.717) is 10.8 Å². The number of hydrogen-bond donors (Lipinski definition) is 1. The molecule has 0 aliphatic heterocycles. The summed E-state index contributed by atoms with van der Waals surface area (Å²) in [6.45, 7) is 1.91. The number of benzene rings is 1. The number of halogens is 1. The molecule has 0 bridgehead atoms. The molecule has 0 heterocycles. The van der Waals surface area contributed by atoms with Crippen LogP contribution in [0.5, 0.6) is 5.75 Å². The molecule has 1 nitrogen and oxygen atoms in total. The molecule has 0 amide bonds. The van der Waals surface area contributed by atoms with Gasteiger partial charge >= 0.3 is 0 Å². The third-order valence-corrected chi connectivity index (χ3v) is 2.50. The zero-order chi connectivity index (χ0) is 8.43. The molecule has 60 valence electrons. The Morgan fingerprint density at radius 3 is 2.64 bits per heavy atom. The van der Waals surface area contributed by atoms with Crippen LogP contribution < -0.4 is 4.74 Å². The van der Waals surface area contributed by atoms with Crippen LogP contribution in [0.3, 0.4) is 0 Å². The van der Waals surface area contributed by atoms with Gasteiger partial charge in [-0.05, 0) is 24.6 Å². The minimum atomic E-state index is 0.639. The highest BCUT2D eigenvalue weighted by Crippen LogP contribution is 2.31. The van der Waals surface area contributed by atoms with Crippen molar-refractivity contribution in [2.75, 3.05) is 7.11 Å². The van der Waals surface area contributed by atoms with Gasteiger partial charge in [0, 0.05) is 4.90 Å². The van der Waals surface area contributed by atoms with Crippen LogP contribution in [-0.4, -0.2) is 7.11 Å². The molecule has 1 aromatic rings. The minimum absolute atomic E-state index is 0.639. The van der Waals surface area contributed by atoms with Gasteiger partial charge in [0.25, 0.3) is 0 Å². The van der Waals surface area contributed by atoms with Crippen molar-refractivity contribution in [1.29, 1.82) is 0 Å². The van der Waals surface area contributed by atoms with E-state index in [1.54, 1.807) is 13.2 Å². The van der Waals surface area contributed by atoms with Crippen LogP contribution in [0.2, 0.25) is 5.02 Å². The maximum atomic E-state index is 5.92. The number of rotatable bonds is 1. The molecule has 0 radical (unpaired) electrons. The van der Waals surface area contributed by atoms with Crippen LogP contribution in [-0.2, 0) is 0 Å². The Morgan fingerprint density at radius 2 is 2.09 bits per heavy atom. The molecule has 0 atom stereocenters. The van der Waals surface area contributed by atoms with Crippen LogP contribution in [0, 0.1) is 6.92 Å². The number of ether oxygens (including phenoxy) is 1. The van der Waals surface area contributed by atoms with Gasteiger partial charge in [0.2, 0.25) is 0 Å². The standard InChI is InChI=1S/C8H9ClOS/c1-5-7(11)4-3-6(10-2)8(5)9/h3-4,11H,1-2H3. The van der Waals surface area contributed by atoms with Crippen LogP contribution in [0.1, 0.15) is 5.56 Å². The van der Waals surface area contributed by atoms with Crippen molar-refractivity contribution in [1.82, 2.24) is 0 Å². The summed E-state index contributed by atoms with van der Waals surface area (Å²) in [6.07, 6.45) is 0. The van der Waals surface area contributed by atoms with Gasteiger partial charge in [-0.3, -0.25) is 0 Å². The smallest absolute Gasteiger partial charge is 0.137 e. The summed E-state index contributed by atoms with van der Waals surface area (Å²) < 4.78 is 5.01. The van der Waals surface area contributed by atoms with Gasteiger partial charge < -0.3 is 4.74 Å². The van der Waals surface area contributed by atoms with E-state index in [-0.39, 0.29) is 0 Å². The number of methoxy groups -OCH3 is 1. The molecule has 0 aliphatic carbocycles. The van der Waals surface area contributed by atoms with Gasteiger partial charge in [0.15, 0.2) is 0 Å². The lowest BCUT2D eigenvalue weighted by Crippen LogP contribution is -1.86. The zero-order valence-electron chi connectivity index (χ0n) is 6.39. The second-order valence-electron chi connectivity index (χ2n) is 2.23. The normalized spacial score (nSPS) is 9.82. The first-order chi connectivity index (χ1) is 5.16. The molecule has 0 aliphatic rings. The first-order valence-corrected chi connectivity index (χ1v) is 4.01. The summed E-state index contributed by atoms with van der Waals surface area (Å²) in [7, 11) is 1.60. The van der Waals surface area contributed by atoms with Crippen molar-refractivity contribution in [2.45, 2.75) is 11.8 Å². The van der Waals surface area contributed by atoms with Crippen molar-refractivity contribution in [3.63, 3.8) is 0 Å². The molecule has 1 aromatic carbocycles. The molecule has 0 fully saturated rings. The molecule has 1 rings (SSSR count). The van der Waals surface area contributed by atoms with Crippen molar-refractivity contribution >= 4 is 24.2 Å². The fourth-order valence-electron chi connectivity index (χ4n) is 0.808. The summed E-state index contributed by atoms with van der Waals surface area (Å²) in [5.74, 6) is 0.696. The highest BCUT2D eigenvalue weighted by Gasteiger charge is 2.04. The first-order valence-electron chi connectivity index (χ1n) is 3.19. The van der Waals surface area contributed by atoms with E-state index < -0.39 is 0 Å². The number of hydrogen-bond acceptors (Lipinski definition) is 2. The lowest BCUT2D eigenvalue weighted by Gasteiger charge is -2.06. The first kappa shape index (κ1) is 8.75. The summed E-state index contributed by atoms with van der Waals surface area (Å²) in [6, 6.07) is 3.67. The monoisotopic (exact) mass is 188 g/mol. The maximum Gasteiger partial charge on any atom is 0.137 e. The summed E-state index contributed by atoms with van der Waals surface area (Å²) in [5.41, 5.74) is 0.953. The van der Waals surface area contributed by atoms with E-state index in [0.717, 1.165) is 10.5 Å². The molecule has 11 heavy (non-hydrogen) atoms. The second-order valence-corrected chi connectivity index (χ2v) is 3.09. The Hall–Kier alpha value is -0.340. The molecule has 0 saturated carbocycles. The second kappa shape index (κ2) is 3.37. The Kier molecular flexibility index (Phi) is 2.68. The highest BCUT2D eigenvalue weighted by molar-refractivity contribution is 7.80. The van der Waals surface area contributed by atoms with E-state index in [4.69, 9.17) is 16.3 Å². The van der Waals surface area contributed by atoms with Gasteiger partial charge in [0.1, 0.15) is 5.75 Å². The molecule has 0 aromatic heterocycles. The summed E-state index contributed by atoms with van der Waals surface area (Å²) in [4.78, 5) is 0.885. The predicted octanol–water partition coefficient (Wildman–Crippen LogP) is 2.95. The average molecular weight is 189 g/mol. The molecule has 3 heteroatoms. The van der Waals surface area contributed by atoms with Crippen molar-refractivity contribution in [2.24, 2.45) is 0 Å². The van der Waals surface area contributed by atoms with Gasteiger partial charge in [0.05, 0.1) is 12.1 Å². The van der Waals surface area contributed by atoms with Crippen LogP contribution in [0.4, 0.5) is 0 Å². The molecule has 0 spiro atoms. The molecule has 0 saturated heterocycles. The fourth-order valence-corrected chi connectivity index (χ4v) is 1.30. The van der Waals surface area contributed by atoms with E-state index >= 15 is 0 Å².